The number of nitrogens with one attached hydrogen (secondary N) is 1. The van der Waals surface area contributed by atoms with Crippen molar-refractivity contribution in [3.8, 4) is 0 Å². The minimum Gasteiger partial charge on any atom is -0.399 e. The van der Waals surface area contributed by atoms with E-state index in [-0.39, 0.29) is 5.91 Å². The Balaban J connectivity index is 1.97. The van der Waals surface area contributed by atoms with Crippen LogP contribution in [-0.4, -0.2) is 10.9 Å². The molecule has 3 rings (SSSR count). The van der Waals surface area contributed by atoms with Crippen molar-refractivity contribution in [2.45, 2.75) is 6.92 Å². The van der Waals surface area contributed by atoms with Gasteiger partial charge in [-0.2, -0.15) is 0 Å². The van der Waals surface area contributed by atoms with Crippen LogP contribution in [0, 0.1) is 6.92 Å². The molecule has 0 radical (unpaired) electrons. The minimum atomic E-state index is -0.149. The summed E-state index contributed by atoms with van der Waals surface area (Å²) in [6.45, 7) is 1.87. The number of aromatic nitrogens is 1. The largest absolute Gasteiger partial charge is 0.399 e. The smallest absolute Gasteiger partial charge is 0.255 e. The van der Waals surface area contributed by atoms with Crippen LogP contribution in [0.3, 0.4) is 0 Å². The lowest BCUT2D eigenvalue weighted by molar-refractivity contribution is 0.102. The molecule has 21 heavy (non-hydrogen) atoms. The molecule has 4 heteroatoms. The van der Waals surface area contributed by atoms with E-state index >= 15 is 0 Å². The molecule has 0 atom stereocenters. The number of nitrogens with zero attached hydrogens (tertiary/aromatic N) is 1. The van der Waals surface area contributed by atoms with Crippen molar-refractivity contribution >= 4 is 28.1 Å². The van der Waals surface area contributed by atoms with E-state index in [0.717, 1.165) is 22.0 Å². The highest BCUT2D eigenvalue weighted by Crippen LogP contribution is 2.23. The zero-order chi connectivity index (χ0) is 14.8. The molecule has 1 amide bonds. The quantitative estimate of drug-likeness (QED) is 0.706. The summed E-state index contributed by atoms with van der Waals surface area (Å²) < 4.78 is 0. The van der Waals surface area contributed by atoms with Gasteiger partial charge in [0.2, 0.25) is 0 Å². The summed E-state index contributed by atoms with van der Waals surface area (Å²) in [5, 5.41) is 4.90. The Kier molecular flexibility index (Phi) is 3.28. The summed E-state index contributed by atoms with van der Waals surface area (Å²) in [6.07, 6.45) is 3.48. The zero-order valence-electron chi connectivity index (χ0n) is 11.6. The average Bonchev–Trinajstić information content (AvgIpc) is 2.47. The highest BCUT2D eigenvalue weighted by molar-refractivity contribution is 6.09. The molecule has 104 valence electrons. The van der Waals surface area contributed by atoms with E-state index in [1.165, 1.54) is 0 Å². The van der Waals surface area contributed by atoms with E-state index in [9.17, 15) is 4.79 Å². The van der Waals surface area contributed by atoms with Crippen LogP contribution >= 0.6 is 0 Å². The zero-order valence-corrected chi connectivity index (χ0v) is 11.6. The number of carbonyl (C=O) groups excluding carboxylic acids is 1. The average molecular weight is 277 g/mol. The fourth-order valence-corrected chi connectivity index (χ4v) is 2.35. The Morgan fingerprint density at radius 1 is 1.19 bits per heavy atom. The molecule has 0 spiro atoms. The van der Waals surface area contributed by atoms with Gasteiger partial charge in [-0.25, -0.2) is 0 Å². The number of fused-ring (bicyclic) bond motifs is 1. The molecule has 0 bridgehead atoms. The third kappa shape index (κ3) is 2.56. The van der Waals surface area contributed by atoms with Gasteiger partial charge in [-0.1, -0.05) is 12.1 Å². The first-order valence-corrected chi connectivity index (χ1v) is 6.65. The van der Waals surface area contributed by atoms with Crippen LogP contribution in [0.25, 0.3) is 10.8 Å². The van der Waals surface area contributed by atoms with E-state index in [1.807, 2.05) is 31.2 Å². The van der Waals surface area contributed by atoms with Crippen molar-refractivity contribution in [1.29, 1.82) is 0 Å². The Labute approximate surface area is 122 Å². The van der Waals surface area contributed by atoms with Gasteiger partial charge >= 0.3 is 0 Å². The highest BCUT2D eigenvalue weighted by atomic mass is 16.1. The third-order valence-electron chi connectivity index (χ3n) is 3.43. The standard InChI is InChI=1S/C17H15N3O/c1-11-9-13(18)5-6-14(11)17(21)20-16-4-2-3-12-7-8-19-10-15(12)16/h2-10H,18H2,1H3,(H,20,21). The molecule has 2 aromatic carbocycles. The van der Waals surface area contributed by atoms with E-state index in [1.54, 1.807) is 30.6 Å². The maximum absolute atomic E-state index is 12.4. The number of hydrogen-bond acceptors (Lipinski definition) is 3. The summed E-state index contributed by atoms with van der Waals surface area (Å²) in [7, 11) is 0. The predicted octanol–water partition coefficient (Wildman–Crippen LogP) is 3.38. The van der Waals surface area contributed by atoms with Gasteiger partial charge in [-0.05, 0) is 48.2 Å². The van der Waals surface area contributed by atoms with Gasteiger partial charge in [0.25, 0.3) is 5.91 Å². The first kappa shape index (κ1) is 13.1. The lowest BCUT2D eigenvalue weighted by atomic mass is 10.1. The number of hydrogen-bond donors (Lipinski definition) is 2. The molecule has 4 nitrogen and oxygen atoms in total. The number of carbonyl (C=O) groups is 1. The molecule has 0 saturated carbocycles. The van der Waals surface area contributed by atoms with E-state index in [2.05, 4.69) is 10.3 Å². The SMILES string of the molecule is Cc1cc(N)ccc1C(=O)Nc1cccc2ccncc12. The molecule has 0 unspecified atom stereocenters. The summed E-state index contributed by atoms with van der Waals surface area (Å²) in [5.41, 5.74) is 8.59. The first-order chi connectivity index (χ1) is 10.1. The van der Waals surface area contributed by atoms with Crippen LogP contribution in [0.15, 0.2) is 54.9 Å². The first-order valence-electron chi connectivity index (χ1n) is 6.65. The normalized spacial score (nSPS) is 10.5. The molecule has 3 aromatic rings. The van der Waals surface area contributed by atoms with Gasteiger partial charge in [0, 0.05) is 29.0 Å². The maximum Gasteiger partial charge on any atom is 0.255 e. The van der Waals surface area contributed by atoms with Crippen molar-refractivity contribution in [1.82, 2.24) is 4.98 Å². The Morgan fingerprint density at radius 2 is 2.05 bits per heavy atom. The van der Waals surface area contributed by atoms with Gasteiger partial charge in [0.1, 0.15) is 0 Å². The van der Waals surface area contributed by atoms with E-state index in [0.29, 0.717) is 11.3 Å². The fraction of sp³-hybridized carbons (Fsp3) is 0.0588. The Hall–Kier alpha value is -2.88. The van der Waals surface area contributed by atoms with Crippen molar-refractivity contribution in [3.05, 3.63) is 66.0 Å². The van der Waals surface area contributed by atoms with Crippen LogP contribution in [0.4, 0.5) is 11.4 Å². The van der Waals surface area contributed by atoms with Gasteiger partial charge in [-0.15, -0.1) is 0 Å². The van der Waals surface area contributed by atoms with E-state index in [4.69, 9.17) is 5.73 Å². The topological polar surface area (TPSA) is 68.0 Å². The number of aryl methyl sites for hydroxylation is 1. The van der Waals surface area contributed by atoms with Crippen LogP contribution < -0.4 is 11.1 Å². The molecule has 0 fully saturated rings. The van der Waals surface area contributed by atoms with Crippen molar-refractivity contribution in [3.63, 3.8) is 0 Å². The van der Waals surface area contributed by atoms with Gasteiger partial charge in [-0.3, -0.25) is 9.78 Å². The molecular weight excluding hydrogens is 262 g/mol. The molecule has 1 aromatic heterocycles. The number of pyridine rings is 1. The van der Waals surface area contributed by atoms with E-state index < -0.39 is 0 Å². The molecule has 1 heterocycles. The second kappa shape index (κ2) is 5.25. The fourth-order valence-electron chi connectivity index (χ4n) is 2.35. The third-order valence-corrected chi connectivity index (χ3v) is 3.43. The summed E-state index contributed by atoms with van der Waals surface area (Å²) in [5.74, 6) is -0.149. The molecule has 3 N–H and O–H groups in total. The number of benzene rings is 2. The molecule has 0 aliphatic heterocycles. The van der Waals surface area contributed by atoms with Gasteiger partial charge < -0.3 is 11.1 Å². The van der Waals surface area contributed by atoms with Gasteiger partial charge in [0.15, 0.2) is 0 Å². The maximum atomic E-state index is 12.4. The second-order valence-corrected chi connectivity index (χ2v) is 4.93. The summed E-state index contributed by atoms with van der Waals surface area (Å²) >= 11 is 0. The predicted molar refractivity (Wildman–Crippen MR) is 85.3 cm³/mol. The number of nitrogen functional groups attached to an aromatic ring is 1. The Bertz CT molecular complexity index is 822. The van der Waals surface area contributed by atoms with Crippen molar-refractivity contribution < 1.29 is 4.79 Å². The molecule has 0 aliphatic carbocycles. The highest BCUT2D eigenvalue weighted by Gasteiger charge is 2.11. The van der Waals surface area contributed by atoms with Crippen molar-refractivity contribution in [2.24, 2.45) is 0 Å². The van der Waals surface area contributed by atoms with Crippen molar-refractivity contribution in [2.75, 3.05) is 11.1 Å². The lowest BCUT2D eigenvalue weighted by Crippen LogP contribution is -2.13. The summed E-state index contributed by atoms with van der Waals surface area (Å²) in [6, 6.07) is 12.9. The minimum absolute atomic E-state index is 0.149. The van der Waals surface area contributed by atoms with Crippen LogP contribution in [0.5, 0.6) is 0 Å². The number of amides is 1. The summed E-state index contributed by atoms with van der Waals surface area (Å²) in [4.78, 5) is 16.5. The number of nitrogens with two attached hydrogens (primary N) is 1. The molecule has 0 saturated heterocycles. The van der Waals surface area contributed by atoms with Crippen LogP contribution in [0.1, 0.15) is 15.9 Å². The van der Waals surface area contributed by atoms with Crippen LogP contribution in [-0.2, 0) is 0 Å². The number of rotatable bonds is 2. The van der Waals surface area contributed by atoms with Gasteiger partial charge in [0.05, 0.1) is 5.69 Å². The monoisotopic (exact) mass is 277 g/mol. The lowest BCUT2D eigenvalue weighted by Gasteiger charge is -2.10. The molecule has 0 aliphatic rings. The molecular formula is C17H15N3O. The Morgan fingerprint density at radius 3 is 2.86 bits per heavy atom. The second-order valence-electron chi connectivity index (χ2n) is 4.93. The number of anilines is 2. The van der Waals surface area contributed by atoms with Crippen LogP contribution in [0.2, 0.25) is 0 Å².